The van der Waals surface area contributed by atoms with E-state index in [0.717, 1.165) is 29.7 Å². The van der Waals surface area contributed by atoms with Crippen molar-refractivity contribution >= 4 is 29.1 Å². The van der Waals surface area contributed by atoms with Crippen LogP contribution in [0.5, 0.6) is 0 Å². The SMILES string of the molecule is COCCN(CC(=O)N1N=C(c2ccc(C)c(C)c2)C[C@H]1c1ccc(Cl)cc1)C(=O)C1CC1. The molecule has 0 saturated heterocycles. The van der Waals surface area contributed by atoms with E-state index in [-0.39, 0.29) is 30.3 Å². The number of hydrogen-bond acceptors (Lipinski definition) is 4. The monoisotopic (exact) mass is 467 g/mol. The summed E-state index contributed by atoms with van der Waals surface area (Å²) in [5, 5.41) is 6.95. The minimum absolute atomic E-state index is 0.00745. The van der Waals surface area contributed by atoms with Crippen LogP contribution < -0.4 is 0 Å². The van der Waals surface area contributed by atoms with Gasteiger partial charge in [-0.1, -0.05) is 35.9 Å². The molecule has 0 radical (unpaired) electrons. The van der Waals surface area contributed by atoms with E-state index in [0.29, 0.717) is 24.6 Å². The highest BCUT2D eigenvalue weighted by molar-refractivity contribution is 6.30. The molecule has 1 aliphatic heterocycles. The van der Waals surface area contributed by atoms with Crippen molar-refractivity contribution in [1.29, 1.82) is 0 Å². The van der Waals surface area contributed by atoms with Crippen LogP contribution in [-0.4, -0.2) is 54.2 Å². The van der Waals surface area contributed by atoms with Crippen molar-refractivity contribution in [3.8, 4) is 0 Å². The molecule has 1 fully saturated rings. The second kappa shape index (κ2) is 10.1. The fourth-order valence-electron chi connectivity index (χ4n) is 4.07. The molecule has 0 N–H and O–H groups in total. The van der Waals surface area contributed by atoms with Crippen LogP contribution in [0.25, 0.3) is 0 Å². The van der Waals surface area contributed by atoms with E-state index in [1.165, 1.54) is 11.1 Å². The predicted molar refractivity (Wildman–Crippen MR) is 129 cm³/mol. The van der Waals surface area contributed by atoms with E-state index in [1.807, 2.05) is 24.3 Å². The third-order valence-electron chi connectivity index (χ3n) is 6.39. The summed E-state index contributed by atoms with van der Waals surface area (Å²) in [6, 6.07) is 13.5. The molecule has 174 valence electrons. The van der Waals surface area contributed by atoms with Crippen molar-refractivity contribution in [2.75, 3.05) is 26.8 Å². The van der Waals surface area contributed by atoms with Crippen molar-refractivity contribution in [2.24, 2.45) is 11.0 Å². The Labute approximate surface area is 200 Å². The molecule has 6 nitrogen and oxygen atoms in total. The van der Waals surface area contributed by atoms with Gasteiger partial charge in [-0.05, 0) is 67.1 Å². The third-order valence-corrected chi connectivity index (χ3v) is 6.64. The van der Waals surface area contributed by atoms with E-state index < -0.39 is 0 Å². The predicted octanol–water partition coefficient (Wildman–Crippen LogP) is 4.52. The molecule has 7 heteroatoms. The first-order valence-corrected chi connectivity index (χ1v) is 11.8. The first-order chi connectivity index (χ1) is 15.9. The first-order valence-electron chi connectivity index (χ1n) is 11.4. The number of nitrogens with zero attached hydrogens (tertiary/aromatic N) is 3. The highest BCUT2D eigenvalue weighted by Gasteiger charge is 2.37. The number of hydrazone groups is 1. The number of ether oxygens (including phenoxy) is 1. The van der Waals surface area contributed by atoms with Gasteiger partial charge in [0.15, 0.2) is 0 Å². The molecule has 2 aromatic rings. The summed E-state index contributed by atoms with van der Waals surface area (Å²) >= 11 is 6.10. The molecule has 2 aromatic carbocycles. The Hall–Kier alpha value is -2.70. The zero-order chi connectivity index (χ0) is 23.5. The van der Waals surface area contributed by atoms with E-state index in [9.17, 15) is 9.59 Å². The van der Waals surface area contributed by atoms with Gasteiger partial charge < -0.3 is 9.64 Å². The molecule has 1 atom stereocenters. The summed E-state index contributed by atoms with van der Waals surface area (Å²) in [6.45, 7) is 4.93. The minimum atomic E-state index is -0.244. The first kappa shape index (κ1) is 23.5. The average molecular weight is 468 g/mol. The highest BCUT2D eigenvalue weighted by atomic mass is 35.5. The Morgan fingerprint density at radius 1 is 1.12 bits per heavy atom. The summed E-state index contributed by atoms with van der Waals surface area (Å²) in [6.07, 6.45) is 2.38. The van der Waals surface area contributed by atoms with Gasteiger partial charge in [0.25, 0.3) is 5.91 Å². The number of rotatable bonds is 8. The van der Waals surface area contributed by atoms with Crippen LogP contribution in [0.15, 0.2) is 47.6 Å². The summed E-state index contributed by atoms with van der Waals surface area (Å²) in [4.78, 5) is 27.8. The Morgan fingerprint density at radius 2 is 1.85 bits per heavy atom. The van der Waals surface area contributed by atoms with Crippen LogP contribution in [-0.2, 0) is 14.3 Å². The topological polar surface area (TPSA) is 62.2 Å². The normalized spacial score (nSPS) is 17.8. The Morgan fingerprint density at radius 3 is 2.48 bits per heavy atom. The molecule has 2 aliphatic rings. The van der Waals surface area contributed by atoms with Crippen LogP contribution in [0.4, 0.5) is 0 Å². The Bertz CT molecular complexity index is 1060. The quantitative estimate of drug-likeness (QED) is 0.573. The fourth-order valence-corrected chi connectivity index (χ4v) is 4.20. The molecule has 2 amide bonds. The fraction of sp³-hybridized carbons (Fsp3) is 0.423. The second-order valence-corrected chi connectivity index (χ2v) is 9.32. The van der Waals surface area contributed by atoms with Crippen molar-refractivity contribution in [3.05, 3.63) is 69.7 Å². The smallest absolute Gasteiger partial charge is 0.262 e. The third kappa shape index (κ3) is 5.45. The summed E-state index contributed by atoms with van der Waals surface area (Å²) < 4.78 is 5.17. The maximum Gasteiger partial charge on any atom is 0.262 e. The molecular weight excluding hydrogens is 438 g/mol. The number of halogens is 1. The van der Waals surface area contributed by atoms with E-state index >= 15 is 0 Å². The molecule has 1 aliphatic carbocycles. The lowest BCUT2D eigenvalue weighted by atomic mass is 9.96. The van der Waals surface area contributed by atoms with Gasteiger partial charge in [0, 0.05) is 31.0 Å². The van der Waals surface area contributed by atoms with Gasteiger partial charge in [-0.25, -0.2) is 5.01 Å². The van der Waals surface area contributed by atoms with Crippen LogP contribution in [0, 0.1) is 19.8 Å². The molecule has 0 spiro atoms. The number of aryl methyl sites for hydroxylation is 2. The lowest BCUT2D eigenvalue weighted by molar-refractivity contribution is -0.142. The van der Waals surface area contributed by atoms with Gasteiger partial charge in [-0.3, -0.25) is 9.59 Å². The van der Waals surface area contributed by atoms with Gasteiger partial charge >= 0.3 is 0 Å². The average Bonchev–Trinajstić information content (AvgIpc) is 3.56. The number of methoxy groups -OCH3 is 1. The van der Waals surface area contributed by atoms with Crippen LogP contribution >= 0.6 is 11.6 Å². The maximum absolute atomic E-state index is 13.5. The molecule has 33 heavy (non-hydrogen) atoms. The lowest BCUT2D eigenvalue weighted by Gasteiger charge is -2.27. The molecule has 1 heterocycles. The molecule has 0 unspecified atom stereocenters. The number of benzene rings is 2. The lowest BCUT2D eigenvalue weighted by Crippen LogP contribution is -2.43. The zero-order valence-electron chi connectivity index (χ0n) is 19.4. The van der Waals surface area contributed by atoms with Gasteiger partial charge in [0.1, 0.15) is 6.54 Å². The van der Waals surface area contributed by atoms with Gasteiger partial charge in [0.2, 0.25) is 5.91 Å². The summed E-state index contributed by atoms with van der Waals surface area (Å²) in [5.41, 5.74) is 5.24. The molecular formula is C26H30ClN3O3. The van der Waals surface area contributed by atoms with Crippen LogP contribution in [0.2, 0.25) is 5.02 Å². The highest BCUT2D eigenvalue weighted by Crippen LogP contribution is 2.35. The zero-order valence-corrected chi connectivity index (χ0v) is 20.1. The second-order valence-electron chi connectivity index (χ2n) is 8.88. The number of hydrogen-bond donors (Lipinski definition) is 0. The van der Waals surface area contributed by atoms with E-state index in [2.05, 4.69) is 32.0 Å². The van der Waals surface area contributed by atoms with E-state index in [1.54, 1.807) is 17.0 Å². The molecule has 4 rings (SSSR count). The maximum atomic E-state index is 13.5. The van der Waals surface area contributed by atoms with Crippen molar-refractivity contribution in [1.82, 2.24) is 9.91 Å². The van der Waals surface area contributed by atoms with Gasteiger partial charge in [-0.2, -0.15) is 5.10 Å². The summed E-state index contributed by atoms with van der Waals surface area (Å²) in [7, 11) is 1.60. The van der Waals surface area contributed by atoms with Crippen molar-refractivity contribution < 1.29 is 14.3 Å². The molecule has 0 bridgehead atoms. The molecule has 0 aromatic heterocycles. The number of carbonyl (C=O) groups is 2. The number of carbonyl (C=O) groups excluding carboxylic acids is 2. The minimum Gasteiger partial charge on any atom is -0.383 e. The van der Waals surface area contributed by atoms with Gasteiger partial charge in [0.05, 0.1) is 18.4 Å². The molecule has 1 saturated carbocycles. The Balaban J connectivity index is 1.61. The summed E-state index contributed by atoms with van der Waals surface area (Å²) in [5.74, 6) is -0.130. The van der Waals surface area contributed by atoms with Crippen LogP contribution in [0.1, 0.15) is 47.6 Å². The van der Waals surface area contributed by atoms with E-state index in [4.69, 9.17) is 21.4 Å². The van der Waals surface area contributed by atoms with Gasteiger partial charge in [-0.15, -0.1) is 0 Å². The largest absolute Gasteiger partial charge is 0.383 e. The standard InChI is InChI=1S/C26H30ClN3O3/c1-17-4-5-21(14-18(17)2)23-15-24(19-8-10-22(27)11-9-19)30(28-23)25(31)16-29(12-13-33-3)26(32)20-6-7-20/h4-5,8-11,14,20,24H,6-7,12-13,15-16H2,1-3H3/t24-/m0/s1. The number of amides is 2. The van der Waals surface area contributed by atoms with Crippen molar-refractivity contribution in [2.45, 2.75) is 39.2 Å². The van der Waals surface area contributed by atoms with Crippen LogP contribution in [0.3, 0.4) is 0 Å². The Kier molecular flexibility index (Phi) is 7.15. The van der Waals surface area contributed by atoms with Crippen molar-refractivity contribution in [3.63, 3.8) is 0 Å².